The first-order valence-electron chi connectivity index (χ1n) is 9.14. The van der Waals surface area contributed by atoms with Gasteiger partial charge in [0.1, 0.15) is 5.75 Å². The number of aromatic hydroxyl groups is 1. The Kier molecular flexibility index (Phi) is 4.38. The molecule has 0 spiro atoms. The second kappa shape index (κ2) is 6.16. The summed E-state index contributed by atoms with van der Waals surface area (Å²) in [6, 6.07) is 19.0. The zero-order valence-electron chi connectivity index (χ0n) is 15.6. The monoisotopic (exact) mass is 346 g/mol. The van der Waals surface area contributed by atoms with E-state index < -0.39 is 0 Å². The molecule has 0 fully saturated rings. The molecule has 0 amide bonds. The molecule has 0 atom stereocenters. The SMILES string of the molecule is C.CC1(C)CCC(C)(C)c2cc(-c3ccc4cc(O)ccc4c3)ccc21. The molecule has 136 valence electrons. The van der Waals surface area contributed by atoms with E-state index in [-0.39, 0.29) is 18.3 Å². The second-order valence-corrected chi connectivity index (χ2v) is 8.77. The van der Waals surface area contributed by atoms with Gasteiger partial charge in [-0.25, -0.2) is 0 Å². The molecule has 1 aliphatic rings. The molecule has 3 aromatic carbocycles. The minimum atomic E-state index is 0. The molecule has 0 bridgehead atoms. The molecule has 26 heavy (non-hydrogen) atoms. The van der Waals surface area contributed by atoms with E-state index in [1.807, 2.05) is 12.1 Å². The summed E-state index contributed by atoms with van der Waals surface area (Å²) < 4.78 is 0. The van der Waals surface area contributed by atoms with Gasteiger partial charge in [0.15, 0.2) is 0 Å². The van der Waals surface area contributed by atoms with Crippen LogP contribution in [-0.4, -0.2) is 5.11 Å². The lowest BCUT2D eigenvalue weighted by atomic mass is 9.63. The van der Waals surface area contributed by atoms with E-state index in [2.05, 4.69) is 64.1 Å². The van der Waals surface area contributed by atoms with Gasteiger partial charge >= 0.3 is 0 Å². The third kappa shape index (κ3) is 3.00. The number of hydrogen-bond acceptors (Lipinski definition) is 1. The zero-order valence-corrected chi connectivity index (χ0v) is 15.6. The van der Waals surface area contributed by atoms with Gasteiger partial charge in [-0.2, -0.15) is 0 Å². The molecule has 0 saturated heterocycles. The highest BCUT2D eigenvalue weighted by atomic mass is 16.3. The van der Waals surface area contributed by atoms with Crippen molar-refractivity contribution in [2.24, 2.45) is 0 Å². The Bertz CT molecular complexity index is 963. The van der Waals surface area contributed by atoms with Crippen molar-refractivity contribution in [3.05, 3.63) is 65.7 Å². The van der Waals surface area contributed by atoms with Crippen LogP contribution in [0.5, 0.6) is 5.75 Å². The maximum atomic E-state index is 9.66. The molecule has 1 aliphatic carbocycles. The summed E-state index contributed by atoms with van der Waals surface area (Å²) in [5.74, 6) is 0.318. The molecule has 4 rings (SSSR count). The summed E-state index contributed by atoms with van der Waals surface area (Å²) in [4.78, 5) is 0. The average Bonchev–Trinajstić information content (AvgIpc) is 2.58. The van der Waals surface area contributed by atoms with Gasteiger partial charge in [0.2, 0.25) is 0 Å². The topological polar surface area (TPSA) is 20.2 Å². The lowest BCUT2D eigenvalue weighted by molar-refractivity contribution is 0.332. The fourth-order valence-corrected chi connectivity index (χ4v) is 4.18. The van der Waals surface area contributed by atoms with E-state index in [1.54, 1.807) is 6.07 Å². The van der Waals surface area contributed by atoms with Crippen LogP contribution in [0.4, 0.5) is 0 Å². The largest absolute Gasteiger partial charge is 0.508 e. The van der Waals surface area contributed by atoms with Crippen LogP contribution in [0.1, 0.15) is 59.1 Å². The van der Waals surface area contributed by atoms with Gasteiger partial charge in [0.05, 0.1) is 0 Å². The summed E-state index contributed by atoms with van der Waals surface area (Å²) in [5.41, 5.74) is 5.98. The molecular formula is C25H30O. The Morgan fingerprint density at radius 2 is 1.19 bits per heavy atom. The van der Waals surface area contributed by atoms with Crippen molar-refractivity contribution in [1.82, 2.24) is 0 Å². The summed E-state index contributed by atoms with van der Waals surface area (Å²) >= 11 is 0. The quantitative estimate of drug-likeness (QED) is 0.494. The summed E-state index contributed by atoms with van der Waals surface area (Å²) in [6.45, 7) is 9.47. The maximum absolute atomic E-state index is 9.66. The summed E-state index contributed by atoms with van der Waals surface area (Å²) in [5, 5.41) is 11.9. The first kappa shape index (κ1) is 18.5. The van der Waals surface area contributed by atoms with Crippen molar-refractivity contribution in [3.8, 4) is 16.9 Å². The van der Waals surface area contributed by atoms with E-state index in [0.29, 0.717) is 5.75 Å². The van der Waals surface area contributed by atoms with Crippen molar-refractivity contribution < 1.29 is 5.11 Å². The van der Waals surface area contributed by atoms with Crippen molar-refractivity contribution in [1.29, 1.82) is 0 Å². The fraction of sp³-hybridized carbons (Fsp3) is 0.360. The number of phenols is 1. The van der Waals surface area contributed by atoms with E-state index in [9.17, 15) is 5.11 Å². The normalized spacial score (nSPS) is 17.4. The highest BCUT2D eigenvalue weighted by Crippen LogP contribution is 2.46. The van der Waals surface area contributed by atoms with Crippen LogP contribution in [0.25, 0.3) is 21.9 Å². The van der Waals surface area contributed by atoms with Gasteiger partial charge in [0, 0.05) is 0 Å². The van der Waals surface area contributed by atoms with Crippen LogP contribution < -0.4 is 0 Å². The van der Waals surface area contributed by atoms with Crippen molar-refractivity contribution in [2.45, 2.75) is 58.8 Å². The Morgan fingerprint density at radius 3 is 1.92 bits per heavy atom. The van der Waals surface area contributed by atoms with E-state index in [0.717, 1.165) is 10.8 Å². The number of fused-ring (bicyclic) bond motifs is 2. The summed E-state index contributed by atoms with van der Waals surface area (Å²) in [6.07, 6.45) is 2.47. The van der Waals surface area contributed by atoms with E-state index in [4.69, 9.17) is 0 Å². The number of rotatable bonds is 1. The van der Waals surface area contributed by atoms with Crippen LogP contribution in [0.2, 0.25) is 0 Å². The zero-order chi connectivity index (χ0) is 17.8. The Balaban J connectivity index is 0.00000196. The second-order valence-electron chi connectivity index (χ2n) is 8.77. The molecule has 1 nitrogen and oxygen atoms in total. The molecule has 0 unspecified atom stereocenters. The van der Waals surface area contributed by atoms with Crippen molar-refractivity contribution in [3.63, 3.8) is 0 Å². The first-order valence-corrected chi connectivity index (χ1v) is 9.14. The predicted octanol–water partition coefficient (Wildman–Crippen LogP) is 7.20. The lowest BCUT2D eigenvalue weighted by Gasteiger charge is -2.42. The van der Waals surface area contributed by atoms with Crippen LogP contribution >= 0.6 is 0 Å². The number of hydrogen-bond donors (Lipinski definition) is 1. The molecule has 1 N–H and O–H groups in total. The highest BCUT2D eigenvalue weighted by molar-refractivity contribution is 5.88. The molecule has 0 radical (unpaired) electrons. The van der Waals surface area contributed by atoms with Crippen LogP contribution in [-0.2, 0) is 10.8 Å². The molecule has 0 heterocycles. The predicted molar refractivity (Wildman–Crippen MR) is 113 cm³/mol. The minimum Gasteiger partial charge on any atom is -0.508 e. The van der Waals surface area contributed by atoms with Crippen molar-refractivity contribution >= 4 is 10.8 Å². The summed E-state index contributed by atoms with van der Waals surface area (Å²) in [7, 11) is 0. The number of phenolic OH excluding ortho intramolecular Hbond substituents is 1. The van der Waals surface area contributed by atoms with Gasteiger partial charge in [-0.1, -0.05) is 71.5 Å². The Morgan fingerprint density at radius 1 is 0.654 bits per heavy atom. The molecule has 3 aromatic rings. The molecule has 0 saturated carbocycles. The average molecular weight is 347 g/mol. The standard InChI is InChI=1S/C24H26O.CH4/c1-23(2)11-12-24(3,4)22-15-19(8-10-21(22)23)16-5-6-18-14-20(25)9-7-17(18)13-16;/h5-10,13-15,25H,11-12H2,1-4H3;1H4. The van der Waals surface area contributed by atoms with Gasteiger partial charge < -0.3 is 5.11 Å². The van der Waals surface area contributed by atoms with Gasteiger partial charge in [-0.15, -0.1) is 0 Å². The third-order valence-corrected chi connectivity index (χ3v) is 6.01. The number of benzene rings is 3. The van der Waals surface area contributed by atoms with E-state index in [1.165, 1.54) is 35.1 Å². The van der Waals surface area contributed by atoms with E-state index >= 15 is 0 Å². The fourth-order valence-electron chi connectivity index (χ4n) is 4.18. The van der Waals surface area contributed by atoms with Crippen molar-refractivity contribution in [2.75, 3.05) is 0 Å². The first-order chi connectivity index (χ1) is 11.8. The minimum absolute atomic E-state index is 0. The highest BCUT2D eigenvalue weighted by Gasteiger charge is 2.36. The lowest BCUT2D eigenvalue weighted by Crippen LogP contribution is -2.33. The van der Waals surface area contributed by atoms with Crippen LogP contribution in [0.3, 0.4) is 0 Å². The van der Waals surface area contributed by atoms with Crippen LogP contribution in [0.15, 0.2) is 54.6 Å². The third-order valence-electron chi connectivity index (χ3n) is 6.01. The van der Waals surface area contributed by atoms with Gasteiger partial charge in [-0.05, 0) is 74.9 Å². The molecular weight excluding hydrogens is 316 g/mol. The van der Waals surface area contributed by atoms with Gasteiger partial charge in [-0.3, -0.25) is 0 Å². The van der Waals surface area contributed by atoms with Gasteiger partial charge in [0.25, 0.3) is 0 Å². The Labute approximate surface area is 157 Å². The molecule has 1 heteroatoms. The molecule has 0 aromatic heterocycles. The van der Waals surface area contributed by atoms with Crippen LogP contribution in [0, 0.1) is 0 Å². The molecule has 0 aliphatic heterocycles. The smallest absolute Gasteiger partial charge is 0.116 e. The Hall–Kier alpha value is -2.28. The maximum Gasteiger partial charge on any atom is 0.116 e.